The van der Waals surface area contributed by atoms with Crippen molar-refractivity contribution in [2.24, 2.45) is 5.92 Å². The van der Waals surface area contributed by atoms with E-state index in [9.17, 15) is 4.79 Å². The maximum atomic E-state index is 12.9. The largest absolute Gasteiger partial charge is 0.369 e. The molecule has 0 spiro atoms. The summed E-state index contributed by atoms with van der Waals surface area (Å²) in [6.45, 7) is 8.07. The fraction of sp³-hybridized carbons (Fsp3) is 0.500. The van der Waals surface area contributed by atoms with Gasteiger partial charge >= 0.3 is 0 Å². The van der Waals surface area contributed by atoms with E-state index in [0.717, 1.165) is 11.9 Å². The third-order valence-corrected chi connectivity index (χ3v) is 4.08. The number of carbonyl (C=O) groups excluding carboxylic acids is 1. The highest BCUT2D eigenvalue weighted by Crippen LogP contribution is 2.43. The topological polar surface area (TPSA) is 43.6 Å². The van der Waals surface area contributed by atoms with Crippen LogP contribution in [0.1, 0.15) is 44.5 Å². The Morgan fingerprint density at radius 1 is 1.35 bits per heavy atom. The van der Waals surface area contributed by atoms with Gasteiger partial charge in [0.2, 0.25) is 0 Å². The molecule has 1 unspecified atom stereocenters. The first kappa shape index (κ1) is 13.3. The van der Waals surface area contributed by atoms with Gasteiger partial charge in [-0.1, -0.05) is 6.07 Å². The number of ketones is 1. The van der Waals surface area contributed by atoms with E-state index in [4.69, 9.17) is 4.74 Å². The second kappa shape index (κ2) is 4.16. The number of pyridine rings is 1. The Labute approximate surface area is 118 Å². The van der Waals surface area contributed by atoms with Gasteiger partial charge in [0.1, 0.15) is 0 Å². The van der Waals surface area contributed by atoms with E-state index in [0.29, 0.717) is 5.56 Å². The quantitative estimate of drug-likeness (QED) is 0.789. The molecular weight excluding hydrogens is 252 g/mol. The van der Waals surface area contributed by atoms with Crippen molar-refractivity contribution < 1.29 is 9.53 Å². The molecule has 4 nitrogen and oxygen atoms in total. The van der Waals surface area contributed by atoms with Gasteiger partial charge < -0.3 is 4.74 Å². The number of carbonyl (C=O) groups is 1. The van der Waals surface area contributed by atoms with E-state index in [-0.39, 0.29) is 17.3 Å². The van der Waals surface area contributed by atoms with Crippen molar-refractivity contribution >= 4 is 11.3 Å². The van der Waals surface area contributed by atoms with Gasteiger partial charge in [-0.2, -0.15) is 5.10 Å². The summed E-state index contributed by atoms with van der Waals surface area (Å²) in [6, 6.07) is 5.75. The molecule has 106 valence electrons. The van der Waals surface area contributed by atoms with Gasteiger partial charge in [0.25, 0.3) is 0 Å². The number of rotatable bonds is 2. The van der Waals surface area contributed by atoms with Crippen LogP contribution in [0, 0.1) is 5.92 Å². The fourth-order valence-electron chi connectivity index (χ4n) is 3.28. The molecule has 0 N–H and O–H groups in total. The highest BCUT2D eigenvalue weighted by Gasteiger charge is 2.49. The van der Waals surface area contributed by atoms with Crippen LogP contribution in [0.2, 0.25) is 0 Å². The Balaban J connectivity index is 2.01. The summed E-state index contributed by atoms with van der Waals surface area (Å²) in [6.07, 6.45) is 4.26. The van der Waals surface area contributed by atoms with Gasteiger partial charge in [0.05, 0.1) is 34.4 Å². The average molecular weight is 272 g/mol. The van der Waals surface area contributed by atoms with E-state index < -0.39 is 5.60 Å². The third kappa shape index (κ3) is 2.04. The lowest BCUT2D eigenvalue weighted by atomic mass is 9.82. The first-order chi connectivity index (χ1) is 9.30. The first-order valence-corrected chi connectivity index (χ1v) is 6.97. The van der Waals surface area contributed by atoms with Crippen molar-refractivity contribution in [3.05, 3.63) is 36.2 Å². The Bertz CT molecular complexity index is 670. The van der Waals surface area contributed by atoms with Gasteiger partial charge in [-0.25, -0.2) is 4.52 Å². The van der Waals surface area contributed by atoms with Crippen LogP contribution in [0.4, 0.5) is 0 Å². The lowest BCUT2D eigenvalue weighted by Gasteiger charge is -2.26. The minimum absolute atomic E-state index is 0.127. The number of aromatic nitrogens is 2. The molecule has 1 aliphatic rings. The van der Waals surface area contributed by atoms with Crippen LogP contribution in [0.25, 0.3) is 5.52 Å². The standard InChI is InChI=1S/C16H20N2O2/c1-15(2)9-12(16(3,4)20-15)14(19)11-10-17-18-8-6-5-7-13(11)18/h5-8,10,12H,9H2,1-4H3. The number of hydrogen-bond donors (Lipinski definition) is 0. The molecule has 0 aliphatic carbocycles. The Morgan fingerprint density at radius 2 is 2.10 bits per heavy atom. The van der Waals surface area contributed by atoms with Crippen LogP contribution in [-0.2, 0) is 4.74 Å². The minimum Gasteiger partial charge on any atom is -0.369 e. The summed E-state index contributed by atoms with van der Waals surface area (Å²) in [5.41, 5.74) is 0.846. The first-order valence-electron chi connectivity index (χ1n) is 6.97. The molecule has 0 amide bonds. The number of hydrogen-bond acceptors (Lipinski definition) is 3. The lowest BCUT2D eigenvalue weighted by molar-refractivity contribution is -0.0712. The molecule has 1 atom stereocenters. The van der Waals surface area contributed by atoms with E-state index in [2.05, 4.69) is 5.10 Å². The molecular formula is C16H20N2O2. The highest BCUT2D eigenvalue weighted by molar-refractivity contribution is 6.04. The van der Waals surface area contributed by atoms with Gasteiger partial charge in [0, 0.05) is 6.20 Å². The number of fused-ring (bicyclic) bond motifs is 1. The number of nitrogens with zero attached hydrogens (tertiary/aromatic N) is 2. The van der Waals surface area contributed by atoms with Crippen molar-refractivity contribution in [1.29, 1.82) is 0 Å². The average Bonchev–Trinajstić information content (AvgIpc) is 2.86. The predicted octanol–water partition coefficient (Wildman–Crippen LogP) is 3.11. The molecule has 3 heterocycles. The Kier molecular flexibility index (Phi) is 2.77. The van der Waals surface area contributed by atoms with Crippen LogP contribution < -0.4 is 0 Å². The molecule has 0 saturated carbocycles. The smallest absolute Gasteiger partial charge is 0.172 e. The molecule has 1 fully saturated rings. The van der Waals surface area contributed by atoms with Crippen molar-refractivity contribution in [1.82, 2.24) is 9.61 Å². The van der Waals surface area contributed by atoms with Gasteiger partial charge in [-0.05, 0) is 46.2 Å². The maximum absolute atomic E-state index is 12.9. The highest BCUT2D eigenvalue weighted by atomic mass is 16.5. The zero-order valence-corrected chi connectivity index (χ0v) is 12.4. The van der Waals surface area contributed by atoms with Crippen LogP contribution in [0.3, 0.4) is 0 Å². The molecule has 3 rings (SSSR count). The normalized spacial score (nSPS) is 24.1. The zero-order chi connectivity index (χ0) is 14.5. The van der Waals surface area contributed by atoms with Gasteiger partial charge in [-0.15, -0.1) is 0 Å². The Morgan fingerprint density at radius 3 is 2.75 bits per heavy atom. The van der Waals surface area contributed by atoms with E-state index in [1.807, 2.05) is 52.1 Å². The summed E-state index contributed by atoms with van der Waals surface area (Å²) in [7, 11) is 0. The zero-order valence-electron chi connectivity index (χ0n) is 12.4. The summed E-state index contributed by atoms with van der Waals surface area (Å²) in [4.78, 5) is 12.9. The molecule has 0 aromatic carbocycles. The van der Waals surface area contributed by atoms with Crippen molar-refractivity contribution in [2.45, 2.75) is 45.3 Å². The van der Waals surface area contributed by atoms with Crippen LogP contribution in [0.5, 0.6) is 0 Å². The molecule has 0 bridgehead atoms. The van der Waals surface area contributed by atoms with E-state index >= 15 is 0 Å². The maximum Gasteiger partial charge on any atom is 0.172 e. The molecule has 2 aromatic heterocycles. The fourth-order valence-corrected chi connectivity index (χ4v) is 3.28. The van der Waals surface area contributed by atoms with Gasteiger partial charge in [0.15, 0.2) is 5.78 Å². The Hall–Kier alpha value is -1.68. The second-order valence-corrected chi connectivity index (χ2v) is 6.67. The molecule has 2 aromatic rings. The SMILES string of the molecule is CC1(C)CC(C(=O)c2cnn3ccccc23)C(C)(C)O1. The van der Waals surface area contributed by atoms with Gasteiger partial charge in [-0.3, -0.25) is 4.79 Å². The summed E-state index contributed by atoms with van der Waals surface area (Å²) < 4.78 is 7.77. The third-order valence-electron chi connectivity index (χ3n) is 4.08. The molecule has 20 heavy (non-hydrogen) atoms. The summed E-state index contributed by atoms with van der Waals surface area (Å²) in [5.74, 6) is -0.00696. The number of Topliss-reactive ketones (excluding diaryl/α,β-unsaturated/α-hetero) is 1. The monoisotopic (exact) mass is 272 g/mol. The second-order valence-electron chi connectivity index (χ2n) is 6.67. The van der Waals surface area contributed by atoms with E-state index in [1.165, 1.54) is 0 Å². The summed E-state index contributed by atoms with van der Waals surface area (Å²) in [5, 5.41) is 4.25. The van der Waals surface area contributed by atoms with E-state index in [1.54, 1.807) is 10.7 Å². The van der Waals surface area contributed by atoms with Crippen LogP contribution >= 0.6 is 0 Å². The number of ether oxygens (including phenoxy) is 1. The predicted molar refractivity (Wildman–Crippen MR) is 76.9 cm³/mol. The van der Waals surface area contributed by atoms with Crippen LogP contribution in [-0.4, -0.2) is 26.6 Å². The van der Waals surface area contributed by atoms with Crippen molar-refractivity contribution in [3.63, 3.8) is 0 Å². The molecule has 0 radical (unpaired) electrons. The van der Waals surface area contributed by atoms with Crippen molar-refractivity contribution in [2.75, 3.05) is 0 Å². The molecule has 4 heteroatoms. The summed E-state index contributed by atoms with van der Waals surface area (Å²) >= 11 is 0. The lowest BCUT2D eigenvalue weighted by Crippen LogP contribution is -2.33. The van der Waals surface area contributed by atoms with Crippen LogP contribution in [0.15, 0.2) is 30.6 Å². The van der Waals surface area contributed by atoms with Crippen molar-refractivity contribution in [3.8, 4) is 0 Å². The minimum atomic E-state index is -0.441. The molecule has 1 aliphatic heterocycles. The molecule has 1 saturated heterocycles.